The molecule has 7 nitrogen and oxygen atoms in total. The highest BCUT2D eigenvalue weighted by molar-refractivity contribution is 6.08. The van der Waals surface area contributed by atoms with Crippen molar-refractivity contribution in [2.45, 2.75) is 39.7 Å². The molecular formula is C28H25FN4O3. The number of aromatic nitrogens is 1. The van der Waals surface area contributed by atoms with Gasteiger partial charge in [0.05, 0.1) is 22.2 Å². The zero-order chi connectivity index (χ0) is 25.6. The van der Waals surface area contributed by atoms with E-state index in [1.165, 1.54) is 12.1 Å². The molecule has 0 aliphatic carbocycles. The number of hydrazone groups is 1. The van der Waals surface area contributed by atoms with E-state index in [-0.39, 0.29) is 23.0 Å². The maximum Gasteiger partial charge on any atom is 0.336 e. The predicted molar refractivity (Wildman–Crippen MR) is 136 cm³/mol. The van der Waals surface area contributed by atoms with Crippen LogP contribution in [-0.4, -0.2) is 15.8 Å². The van der Waals surface area contributed by atoms with Crippen LogP contribution >= 0.6 is 0 Å². The van der Waals surface area contributed by atoms with E-state index in [1.807, 2.05) is 56.1 Å². The summed E-state index contributed by atoms with van der Waals surface area (Å²) < 4.78 is 19.5. The summed E-state index contributed by atoms with van der Waals surface area (Å²) in [5, 5.41) is 23.0. The highest BCUT2D eigenvalue weighted by Gasteiger charge is 2.47. The third-order valence-corrected chi connectivity index (χ3v) is 6.56. The first-order valence-electron chi connectivity index (χ1n) is 11.6. The number of hydrogen-bond donors (Lipinski definition) is 0. The van der Waals surface area contributed by atoms with E-state index in [0.29, 0.717) is 5.71 Å². The van der Waals surface area contributed by atoms with Gasteiger partial charge in [-0.25, -0.2) is 4.39 Å². The van der Waals surface area contributed by atoms with E-state index < -0.39 is 16.9 Å². The molecule has 3 aromatic carbocycles. The van der Waals surface area contributed by atoms with Crippen molar-refractivity contribution in [1.82, 2.24) is 5.16 Å². The summed E-state index contributed by atoms with van der Waals surface area (Å²) >= 11 is 0. The fourth-order valence-electron chi connectivity index (χ4n) is 5.17. The molecule has 1 aromatic heterocycles. The standard InChI is InChI=1S/C28H25FN4O3/c1-16-14-17(2)25(18(3)15-16)32-27(28-26(33(34)35)19(4)31-36-28)23(20-8-6-5-7-9-20)24(30-32)21-10-12-22(29)13-11-21/h5-15,23,27H,1-4H3. The second-order valence-corrected chi connectivity index (χ2v) is 9.16. The lowest BCUT2D eigenvalue weighted by atomic mass is 9.83. The fourth-order valence-corrected chi connectivity index (χ4v) is 5.17. The summed E-state index contributed by atoms with van der Waals surface area (Å²) in [4.78, 5) is 11.7. The predicted octanol–water partition coefficient (Wildman–Crippen LogP) is 6.70. The Bertz CT molecular complexity index is 1460. The van der Waals surface area contributed by atoms with Gasteiger partial charge >= 0.3 is 5.69 Å². The SMILES string of the molecule is Cc1cc(C)c(N2N=C(c3ccc(F)cc3)C(c3ccccc3)C2c2onc(C)c2[N+](=O)[O-])c(C)c1. The van der Waals surface area contributed by atoms with E-state index in [4.69, 9.17) is 9.62 Å². The first-order valence-corrected chi connectivity index (χ1v) is 11.6. The quantitative estimate of drug-likeness (QED) is 0.232. The Balaban J connectivity index is 1.82. The fraction of sp³-hybridized carbons (Fsp3) is 0.214. The first-order chi connectivity index (χ1) is 17.3. The Hall–Kier alpha value is -4.33. The smallest absolute Gasteiger partial charge is 0.336 e. The second kappa shape index (κ2) is 9.03. The van der Waals surface area contributed by atoms with Crippen LogP contribution in [0.4, 0.5) is 15.8 Å². The molecule has 0 amide bonds. The Kier molecular flexibility index (Phi) is 5.88. The van der Waals surface area contributed by atoms with E-state index in [1.54, 1.807) is 19.1 Å². The Morgan fingerprint density at radius 2 is 1.61 bits per heavy atom. The highest BCUT2D eigenvalue weighted by atomic mass is 19.1. The van der Waals surface area contributed by atoms with Gasteiger partial charge in [-0.05, 0) is 62.1 Å². The minimum absolute atomic E-state index is 0.131. The molecule has 2 heterocycles. The van der Waals surface area contributed by atoms with Crippen LogP contribution in [0.1, 0.15) is 51.2 Å². The van der Waals surface area contributed by atoms with Gasteiger partial charge in [-0.15, -0.1) is 0 Å². The highest BCUT2D eigenvalue weighted by Crippen LogP contribution is 2.50. The Labute approximate surface area is 208 Å². The number of halogens is 1. The Morgan fingerprint density at radius 3 is 2.22 bits per heavy atom. The van der Waals surface area contributed by atoms with Crippen molar-refractivity contribution >= 4 is 17.1 Å². The molecule has 182 valence electrons. The molecule has 0 radical (unpaired) electrons. The summed E-state index contributed by atoms with van der Waals surface area (Å²) in [5.74, 6) is -0.664. The van der Waals surface area contributed by atoms with Crippen molar-refractivity contribution < 1.29 is 13.8 Å². The van der Waals surface area contributed by atoms with E-state index in [2.05, 4.69) is 17.3 Å². The van der Waals surface area contributed by atoms with Crippen LogP contribution in [0.3, 0.4) is 0 Å². The number of hydrogen-bond acceptors (Lipinski definition) is 6. The third-order valence-electron chi connectivity index (χ3n) is 6.56. The van der Waals surface area contributed by atoms with Gasteiger partial charge in [0.15, 0.2) is 5.69 Å². The molecule has 0 saturated heterocycles. The van der Waals surface area contributed by atoms with Gasteiger partial charge in [0.2, 0.25) is 5.76 Å². The van der Waals surface area contributed by atoms with Crippen molar-refractivity contribution in [3.05, 3.63) is 122 Å². The molecule has 0 bridgehead atoms. The second-order valence-electron chi connectivity index (χ2n) is 9.16. The molecule has 2 atom stereocenters. The Morgan fingerprint density at radius 1 is 0.972 bits per heavy atom. The minimum atomic E-state index is -0.686. The van der Waals surface area contributed by atoms with Crippen LogP contribution < -0.4 is 5.01 Å². The lowest BCUT2D eigenvalue weighted by Crippen LogP contribution is -2.26. The molecule has 8 heteroatoms. The average Bonchev–Trinajstić information content (AvgIpc) is 3.40. The monoisotopic (exact) mass is 484 g/mol. The molecule has 1 aliphatic rings. The summed E-state index contributed by atoms with van der Waals surface area (Å²) in [7, 11) is 0. The summed E-state index contributed by atoms with van der Waals surface area (Å²) in [6.07, 6.45) is 0. The van der Waals surface area contributed by atoms with Crippen LogP contribution in [0, 0.1) is 43.6 Å². The number of nitro groups is 1. The zero-order valence-corrected chi connectivity index (χ0v) is 20.4. The average molecular weight is 485 g/mol. The molecular weight excluding hydrogens is 459 g/mol. The number of rotatable bonds is 5. The lowest BCUT2D eigenvalue weighted by molar-refractivity contribution is -0.386. The molecule has 0 fully saturated rings. The molecule has 0 spiro atoms. The van der Waals surface area contributed by atoms with Crippen LogP contribution in [0.15, 0.2) is 76.4 Å². The molecule has 36 heavy (non-hydrogen) atoms. The van der Waals surface area contributed by atoms with Gasteiger partial charge in [-0.2, -0.15) is 5.10 Å². The van der Waals surface area contributed by atoms with Crippen molar-refractivity contribution in [1.29, 1.82) is 0 Å². The van der Waals surface area contributed by atoms with Crippen molar-refractivity contribution in [3.63, 3.8) is 0 Å². The number of nitrogens with zero attached hydrogens (tertiary/aromatic N) is 4. The zero-order valence-electron chi connectivity index (χ0n) is 20.4. The number of aryl methyl sites for hydroxylation is 4. The lowest BCUT2D eigenvalue weighted by Gasteiger charge is -2.28. The number of benzene rings is 3. The van der Waals surface area contributed by atoms with E-state index >= 15 is 0 Å². The van der Waals surface area contributed by atoms with Gasteiger partial charge in [0.1, 0.15) is 11.9 Å². The molecule has 0 saturated carbocycles. The summed E-state index contributed by atoms with van der Waals surface area (Å²) in [6.45, 7) is 7.58. The van der Waals surface area contributed by atoms with Crippen LogP contribution in [0.25, 0.3) is 0 Å². The maximum atomic E-state index is 13.8. The first kappa shape index (κ1) is 23.4. The van der Waals surface area contributed by atoms with Crippen LogP contribution in [-0.2, 0) is 0 Å². The topological polar surface area (TPSA) is 84.8 Å². The van der Waals surface area contributed by atoms with Gasteiger partial charge in [-0.1, -0.05) is 65.3 Å². The third kappa shape index (κ3) is 3.94. The molecule has 0 N–H and O–H groups in total. The van der Waals surface area contributed by atoms with Crippen molar-refractivity contribution in [2.75, 3.05) is 5.01 Å². The van der Waals surface area contributed by atoms with E-state index in [9.17, 15) is 14.5 Å². The largest absolute Gasteiger partial charge is 0.351 e. The van der Waals surface area contributed by atoms with Crippen molar-refractivity contribution in [2.24, 2.45) is 5.10 Å². The van der Waals surface area contributed by atoms with Crippen molar-refractivity contribution in [3.8, 4) is 0 Å². The van der Waals surface area contributed by atoms with Crippen LogP contribution in [0.5, 0.6) is 0 Å². The van der Waals surface area contributed by atoms with Gasteiger partial charge < -0.3 is 4.52 Å². The normalized spacial score (nSPS) is 17.4. The molecule has 5 rings (SSSR count). The molecule has 2 unspecified atom stereocenters. The molecule has 1 aliphatic heterocycles. The van der Waals surface area contributed by atoms with Gasteiger partial charge in [0, 0.05) is 0 Å². The van der Waals surface area contributed by atoms with Gasteiger partial charge in [-0.3, -0.25) is 15.1 Å². The minimum Gasteiger partial charge on any atom is -0.351 e. The van der Waals surface area contributed by atoms with Crippen LogP contribution in [0.2, 0.25) is 0 Å². The summed E-state index contributed by atoms with van der Waals surface area (Å²) in [6, 6.07) is 19.2. The number of anilines is 1. The molecule has 4 aromatic rings. The maximum absolute atomic E-state index is 13.8. The van der Waals surface area contributed by atoms with E-state index in [0.717, 1.165) is 33.5 Å². The summed E-state index contributed by atoms with van der Waals surface area (Å²) in [5.41, 5.74) is 6.23. The van der Waals surface area contributed by atoms with Gasteiger partial charge in [0.25, 0.3) is 0 Å².